The van der Waals surface area contributed by atoms with Gasteiger partial charge in [0, 0.05) is 30.0 Å². The van der Waals surface area contributed by atoms with Crippen molar-refractivity contribution in [2.75, 3.05) is 25.0 Å². The van der Waals surface area contributed by atoms with E-state index in [1.54, 1.807) is 15.5 Å². The maximum absolute atomic E-state index is 13.0. The predicted octanol–water partition coefficient (Wildman–Crippen LogP) is 4.62. The van der Waals surface area contributed by atoms with Crippen molar-refractivity contribution in [3.63, 3.8) is 0 Å². The maximum Gasteiger partial charge on any atom is 0.332 e. The second-order valence-electron chi connectivity index (χ2n) is 8.13. The van der Waals surface area contributed by atoms with Gasteiger partial charge < -0.3 is 10.2 Å². The van der Waals surface area contributed by atoms with E-state index in [9.17, 15) is 4.79 Å². The van der Waals surface area contributed by atoms with Crippen molar-refractivity contribution in [3.05, 3.63) is 77.2 Å². The number of benzene rings is 2. The summed E-state index contributed by atoms with van der Waals surface area (Å²) >= 11 is 0. The van der Waals surface area contributed by atoms with Crippen molar-refractivity contribution in [2.45, 2.75) is 40.2 Å². The van der Waals surface area contributed by atoms with Crippen LogP contribution in [0, 0.1) is 0 Å². The van der Waals surface area contributed by atoms with Crippen LogP contribution in [0.5, 0.6) is 0 Å². The fourth-order valence-corrected chi connectivity index (χ4v) is 4.08. The van der Waals surface area contributed by atoms with Crippen LogP contribution >= 0.6 is 0 Å². The minimum absolute atomic E-state index is 0.0316. The Labute approximate surface area is 194 Å². The van der Waals surface area contributed by atoms with E-state index >= 15 is 0 Å². The Morgan fingerprint density at radius 2 is 1.85 bits per heavy atom. The molecule has 0 aliphatic carbocycles. The second-order valence-corrected chi connectivity index (χ2v) is 8.13. The molecule has 2 aromatic heterocycles. The standard InChI is InChI=1S/C26H32N6O/c1-4-20-9-7-10-21(17-20)29-25-23-18-22(11-12-24(23)27-19-28-25)32-16-15-31(26(32)33)14-8-13-30(5-2)6-3/h7,9-12,15-19H,4-6,8,13-14H2,1-3H3,(H,27,28,29). The Hall–Kier alpha value is -3.45. The highest BCUT2D eigenvalue weighted by Crippen LogP contribution is 2.25. The molecule has 0 atom stereocenters. The summed E-state index contributed by atoms with van der Waals surface area (Å²) in [6.45, 7) is 10.2. The lowest BCUT2D eigenvalue weighted by Crippen LogP contribution is -2.27. The number of rotatable bonds is 10. The lowest BCUT2D eigenvalue weighted by molar-refractivity contribution is 0.292. The molecule has 7 nitrogen and oxygen atoms in total. The zero-order valence-electron chi connectivity index (χ0n) is 19.7. The summed E-state index contributed by atoms with van der Waals surface area (Å²) in [6, 6.07) is 14.1. The molecule has 0 aliphatic rings. The summed E-state index contributed by atoms with van der Waals surface area (Å²) in [5, 5.41) is 4.29. The van der Waals surface area contributed by atoms with Crippen LogP contribution in [-0.2, 0) is 13.0 Å². The van der Waals surface area contributed by atoms with Gasteiger partial charge in [-0.25, -0.2) is 14.8 Å². The van der Waals surface area contributed by atoms with E-state index in [1.807, 2.05) is 42.7 Å². The second kappa shape index (κ2) is 10.4. The molecule has 7 heteroatoms. The van der Waals surface area contributed by atoms with Crippen molar-refractivity contribution in [1.82, 2.24) is 24.0 Å². The number of nitrogens with zero attached hydrogens (tertiary/aromatic N) is 5. The zero-order valence-corrected chi connectivity index (χ0v) is 19.7. The number of hydrogen-bond donors (Lipinski definition) is 1. The molecule has 0 saturated carbocycles. The van der Waals surface area contributed by atoms with Crippen molar-refractivity contribution in [1.29, 1.82) is 0 Å². The van der Waals surface area contributed by atoms with E-state index in [0.717, 1.165) is 60.6 Å². The normalized spacial score (nSPS) is 11.4. The molecule has 0 amide bonds. The summed E-state index contributed by atoms with van der Waals surface area (Å²) in [7, 11) is 0. The molecule has 1 N–H and O–H groups in total. The minimum atomic E-state index is -0.0316. The molecular weight excluding hydrogens is 412 g/mol. The highest BCUT2D eigenvalue weighted by atomic mass is 16.1. The Kier molecular flexibility index (Phi) is 7.19. The van der Waals surface area contributed by atoms with Crippen LogP contribution in [0.2, 0.25) is 0 Å². The van der Waals surface area contributed by atoms with Gasteiger partial charge in [-0.2, -0.15) is 0 Å². The van der Waals surface area contributed by atoms with E-state index in [-0.39, 0.29) is 5.69 Å². The van der Waals surface area contributed by atoms with Crippen molar-refractivity contribution in [2.24, 2.45) is 0 Å². The van der Waals surface area contributed by atoms with E-state index in [4.69, 9.17) is 0 Å². The monoisotopic (exact) mass is 444 g/mol. The van der Waals surface area contributed by atoms with Crippen LogP contribution in [0.4, 0.5) is 11.5 Å². The molecule has 0 aliphatic heterocycles. The third kappa shape index (κ3) is 5.14. The van der Waals surface area contributed by atoms with Crippen molar-refractivity contribution in [3.8, 4) is 5.69 Å². The highest BCUT2D eigenvalue weighted by molar-refractivity contribution is 5.92. The van der Waals surface area contributed by atoms with Gasteiger partial charge in [0.25, 0.3) is 0 Å². The van der Waals surface area contributed by atoms with Gasteiger partial charge in [0.2, 0.25) is 0 Å². The first-order valence-electron chi connectivity index (χ1n) is 11.7. The van der Waals surface area contributed by atoms with Gasteiger partial charge in [0.1, 0.15) is 12.1 Å². The highest BCUT2D eigenvalue weighted by Gasteiger charge is 2.10. The van der Waals surface area contributed by atoms with Crippen LogP contribution in [0.15, 0.2) is 66.0 Å². The van der Waals surface area contributed by atoms with Gasteiger partial charge >= 0.3 is 5.69 Å². The smallest absolute Gasteiger partial charge is 0.332 e. The average molecular weight is 445 g/mol. The molecule has 33 heavy (non-hydrogen) atoms. The first kappa shape index (κ1) is 22.7. The molecule has 4 aromatic rings. The van der Waals surface area contributed by atoms with E-state index in [2.05, 4.69) is 53.1 Å². The molecule has 2 heterocycles. The molecule has 0 spiro atoms. The molecule has 0 unspecified atom stereocenters. The Balaban J connectivity index is 1.60. The molecule has 0 bridgehead atoms. The molecular formula is C26H32N6O. The minimum Gasteiger partial charge on any atom is -0.340 e. The van der Waals surface area contributed by atoms with Crippen molar-refractivity contribution < 1.29 is 0 Å². The number of imidazole rings is 1. The SMILES string of the molecule is CCc1cccc(Nc2ncnc3ccc(-n4ccn(CCCN(CC)CC)c4=O)cc23)c1. The molecule has 0 saturated heterocycles. The summed E-state index contributed by atoms with van der Waals surface area (Å²) in [4.78, 5) is 24.3. The fourth-order valence-electron chi connectivity index (χ4n) is 4.08. The molecule has 172 valence electrons. The third-order valence-electron chi connectivity index (χ3n) is 6.11. The lowest BCUT2D eigenvalue weighted by Gasteiger charge is -2.17. The number of hydrogen-bond acceptors (Lipinski definition) is 5. The largest absolute Gasteiger partial charge is 0.340 e. The first-order valence-corrected chi connectivity index (χ1v) is 11.7. The molecule has 4 rings (SSSR count). The summed E-state index contributed by atoms with van der Waals surface area (Å²) in [6.07, 6.45) is 7.18. The number of aryl methyl sites for hydroxylation is 2. The Bertz CT molecular complexity index is 1270. The number of anilines is 2. The lowest BCUT2D eigenvalue weighted by atomic mass is 10.1. The zero-order chi connectivity index (χ0) is 23.2. The van der Waals surface area contributed by atoms with Crippen LogP contribution in [0.1, 0.15) is 32.8 Å². The van der Waals surface area contributed by atoms with Gasteiger partial charge in [0.05, 0.1) is 11.2 Å². The molecule has 2 aromatic carbocycles. The topological polar surface area (TPSA) is 68.0 Å². The van der Waals surface area contributed by atoms with E-state index in [0.29, 0.717) is 6.54 Å². The number of aromatic nitrogens is 4. The third-order valence-corrected chi connectivity index (χ3v) is 6.11. The van der Waals surface area contributed by atoms with Gasteiger partial charge in [-0.15, -0.1) is 0 Å². The van der Waals surface area contributed by atoms with Gasteiger partial charge in [0.15, 0.2) is 0 Å². The average Bonchev–Trinajstić information content (AvgIpc) is 3.22. The quantitative estimate of drug-likeness (QED) is 0.387. The van der Waals surface area contributed by atoms with E-state index in [1.165, 1.54) is 5.56 Å². The van der Waals surface area contributed by atoms with E-state index < -0.39 is 0 Å². The summed E-state index contributed by atoms with van der Waals surface area (Å²) in [5.74, 6) is 0.724. The maximum atomic E-state index is 13.0. The summed E-state index contributed by atoms with van der Waals surface area (Å²) in [5.41, 5.74) is 3.84. The van der Waals surface area contributed by atoms with Crippen molar-refractivity contribution >= 4 is 22.4 Å². The van der Waals surface area contributed by atoms with Gasteiger partial charge in [-0.3, -0.25) is 9.13 Å². The van der Waals surface area contributed by atoms with Crippen LogP contribution in [0.3, 0.4) is 0 Å². The number of nitrogens with one attached hydrogen (secondary N) is 1. The Morgan fingerprint density at radius 3 is 2.64 bits per heavy atom. The van der Waals surface area contributed by atoms with Crippen LogP contribution in [-0.4, -0.2) is 43.6 Å². The predicted molar refractivity (Wildman–Crippen MR) is 135 cm³/mol. The Morgan fingerprint density at radius 1 is 1.00 bits per heavy atom. The molecule has 0 radical (unpaired) electrons. The van der Waals surface area contributed by atoms with Gasteiger partial charge in [-0.1, -0.05) is 32.9 Å². The number of fused-ring (bicyclic) bond motifs is 1. The fraction of sp³-hybridized carbons (Fsp3) is 0.346. The van der Waals surface area contributed by atoms with Gasteiger partial charge in [-0.05, 0) is 68.4 Å². The molecule has 0 fully saturated rings. The summed E-state index contributed by atoms with van der Waals surface area (Å²) < 4.78 is 3.47. The van der Waals surface area contributed by atoms with Crippen LogP contribution in [0.25, 0.3) is 16.6 Å². The first-order chi connectivity index (χ1) is 16.1. The van der Waals surface area contributed by atoms with Crippen LogP contribution < -0.4 is 11.0 Å².